The third kappa shape index (κ3) is 22.4. The highest BCUT2D eigenvalue weighted by Gasteiger charge is 2.42. The number of carboxylic acid groups (broad SMARTS) is 1. The van der Waals surface area contributed by atoms with Crippen LogP contribution in [-0.2, 0) is 76.8 Å². The lowest BCUT2D eigenvalue weighted by Gasteiger charge is -2.31. The summed E-state index contributed by atoms with van der Waals surface area (Å²) in [4.78, 5) is 172. The zero-order valence-corrected chi connectivity index (χ0v) is 57.9. The Balaban J connectivity index is 1.12. The molecule has 2 saturated heterocycles. The first-order valence-corrected chi connectivity index (χ1v) is 34.4. The summed E-state index contributed by atoms with van der Waals surface area (Å²) in [5.41, 5.74) is 8.74. The average Bonchev–Trinajstić information content (AvgIpc) is 1.65. The molecule has 98 heavy (non-hydrogen) atoms. The largest absolute Gasteiger partial charge is 0.508 e. The number of aliphatic hydroxyl groups is 1. The lowest BCUT2D eigenvalue weighted by atomic mass is 9.96. The third-order valence-corrected chi connectivity index (χ3v) is 18.1. The molecule has 2 fully saturated rings. The predicted octanol–water partition coefficient (Wildman–Crippen LogP) is 0.280. The summed E-state index contributed by atoms with van der Waals surface area (Å²) < 4.78 is 0. The molecule has 0 bridgehead atoms. The molecule has 0 unspecified atom stereocenters. The second-order valence-corrected chi connectivity index (χ2v) is 26.6. The Morgan fingerprint density at radius 2 is 1.07 bits per heavy atom. The quantitative estimate of drug-likeness (QED) is 0.0272. The lowest BCUT2D eigenvalue weighted by Crippen LogP contribution is -2.61. The normalized spacial score (nSPS) is 17.6. The van der Waals surface area contributed by atoms with Crippen LogP contribution in [0.1, 0.15) is 103 Å². The Morgan fingerprint density at radius 1 is 0.561 bits per heavy atom. The number of para-hydroxylation sites is 1. The van der Waals surface area contributed by atoms with Crippen LogP contribution in [0.4, 0.5) is 0 Å². The number of nitrogens with two attached hydrogens (primary N) is 1. The number of aliphatic carboxylic acids is 1. The number of carbonyl (C=O) groups is 12. The summed E-state index contributed by atoms with van der Waals surface area (Å²) >= 11 is 8.67. The summed E-state index contributed by atoms with van der Waals surface area (Å²) in [6.45, 7) is 9.36. The number of aromatic nitrogens is 1. The van der Waals surface area contributed by atoms with Gasteiger partial charge in [-0.2, -0.15) is 25.3 Å². The van der Waals surface area contributed by atoms with Crippen LogP contribution in [0.3, 0.4) is 0 Å². The molecule has 2 aliphatic heterocycles. The smallest absolute Gasteiger partial charge is 0.326 e. The number of carbonyl (C=O) groups excluding carboxylic acids is 11. The van der Waals surface area contributed by atoms with Crippen molar-refractivity contribution in [1.82, 2.24) is 62.6 Å². The number of aliphatic hydroxyl groups excluding tert-OH is 1. The van der Waals surface area contributed by atoms with Gasteiger partial charge < -0.3 is 83.7 Å². The fourth-order valence-corrected chi connectivity index (χ4v) is 12.3. The molecule has 6 rings (SSSR count). The highest BCUT2D eigenvalue weighted by atomic mass is 32.1. The van der Waals surface area contributed by atoms with E-state index in [-0.39, 0.29) is 87.1 Å². The molecular weight excluding hydrogens is 1300 g/mol. The Hall–Kier alpha value is -8.74. The fourth-order valence-electron chi connectivity index (χ4n) is 11.8. The van der Waals surface area contributed by atoms with E-state index in [4.69, 9.17) is 5.73 Å². The first kappa shape index (κ1) is 78.3. The molecule has 0 aliphatic carbocycles. The number of aromatic amines is 1. The molecular formula is C68H95N13O15S2. The molecule has 3 heterocycles. The summed E-state index contributed by atoms with van der Waals surface area (Å²) in [6.07, 6.45) is 3.13. The van der Waals surface area contributed by atoms with E-state index in [1.165, 1.54) is 34.1 Å². The van der Waals surface area contributed by atoms with E-state index in [9.17, 15) is 72.9 Å². The lowest BCUT2D eigenvalue weighted by molar-refractivity contribution is -0.143. The number of aromatic hydroxyl groups is 1. The number of rotatable bonds is 36. The maximum Gasteiger partial charge on any atom is 0.326 e. The molecule has 0 spiro atoms. The van der Waals surface area contributed by atoms with Crippen LogP contribution in [-0.4, -0.2) is 205 Å². The van der Waals surface area contributed by atoms with Gasteiger partial charge in [-0.15, -0.1) is 0 Å². The van der Waals surface area contributed by atoms with E-state index >= 15 is 0 Å². The van der Waals surface area contributed by atoms with Gasteiger partial charge in [0.15, 0.2) is 0 Å². The van der Waals surface area contributed by atoms with E-state index < -0.39 is 156 Å². The Kier molecular flexibility index (Phi) is 30.2. The summed E-state index contributed by atoms with van der Waals surface area (Å²) in [5.74, 6) is -10.9. The van der Waals surface area contributed by atoms with Gasteiger partial charge in [-0.05, 0) is 97.6 Å². The van der Waals surface area contributed by atoms with Gasteiger partial charge in [-0.25, -0.2) is 4.79 Å². The van der Waals surface area contributed by atoms with Crippen molar-refractivity contribution in [2.45, 2.75) is 172 Å². The number of H-pyrrole nitrogens is 1. The van der Waals surface area contributed by atoms with E-state index in [2.05, 4.69) is 78.1 Å². The first-order chi connectivity index (χ1) is 46.7. The number of hydrogen-bond acceptors (Lipinski definition) is 17. The van der Waals surface area contributed by atoms with Crippen molar-refractivity contribution < 1.29 is 72.9 Å². The zero-order valence-electron chi connectivity index (χ0n) is 56.1. The summed E-state index contributed by atoms with van der Waals surface area (Å²) in [7, 11) is 0. The van der Waals surface area contributed by atoms with Crippen molar-refractivity contribution in [3.8, 4) is 5.75 Å². The molecule has 28 nitrogen and oxygen atoms in total. The van der Waals surface area contributed by atoms with E-state index in [0.29, 0.717) is 41.3 Å². The molecule has 1 aromatic heterocycles. The maximum absolute atomic E-state index is 14.8. The molecule has 0 radical (unpaired) electrons. The van der Waals surface area contributed by atoms with Crippen molar-refractivity contribution in [3.05, 3.63) is 102 Å². The van der Waals surface area contributed by atoms with Crippen LogP contribution >= 0.6 is 25.3 Å². The third-order valence-electron chi connectivity index (χ3n) is 17.4. The topological polar surface area (TPSA) is 422 Å². The van der Waals surface area contributed by atoms with Crippen molar-refractivity contribution >= 4 is 107 Å². The van der Waals surface area contributed by atoms with Crippen LogP contribution in [0.25, 0.3) is 10.9 Å². The molecule has 2 aliphatic rings. The van der Waals surface area contributed by atoms with Gasteiger partial charge in [0, 0.05) is 54.5 Å². The van der Waals surface area contributed by atoms with Gasteiger partial charge in [0.1, 0.15) is 66.2 Å². The number of nitrogens with zero attached hydrogens (tertiary/aromatic N) is 2. The number of amides is 11. The minimum Gasteiger partial charge on any atom is -0.508 e. The second-order valence-electron chi connectivity index (χ2n) is 25.8. The van der Waals surface area contributed by atoms with Crippen LogP contribution in [0.5, 0.6) is 5.75 Å². The Morgan fingerprint density at radius 3 is 1.68 bits per heavy atom. The molecule has 4 aromatic rings. The Bertz CT molecular complexity index is 3430. The molecule has 30 heteroatoms. The fraction of sp³-hybridized carbons (Fsp3) is 0.529. The standard InChI is InChI=1S/C68H95N13O15S2/c1-7-39(6)57(66(93)74-49(31-42-32-70-46-18-12-11-17-44(42)46)60(87)76-51(34-82)62(89)75-50(68(95)96)28-38(4)5)79-61(88)48(30-41-21-23-43(83)24-22-41)73-65(92)55-20-14-26-81(55)67(94)53(36-98)78-64(91)54-19-13-25-80(54)56(84)33-71-59(86)47(27-37(2)3)72-63(90)52(35-97)77-58(85)45(69)29-40-15-9-8-10-16-40/h8-12,15-18,21-24,32,37-39,45,47-55,57,70,82-83,97-98H,7,13-14,19-20,25-31,33-36,69H2,1-6H3,(H,71,86)(H,72,90)(H,73,92)(H,74,93)(H,75,89)(H,76,87)(H,77,85)(H,78,91)(H,79,88)(H,95,96)/t39-,45-,47-,48-,49-,50-,51-,52-,53-,54-,55-,57-/m0/s1. The first-order valence-electron chi connectivity index (χ1n) is 33.1. The minimum atomic E-state index is -1.64. The summed E-state index contributed by atoms with van der Waals surface area (Å²) in [5, 5.41) is 54.7. The van der Waals surface area contributed by atoms with Crippen molar-refractivity contribution in [2.75, 3.05) is 37.7 Å². The van der Waals surface area contributed by atoms with E-state index in [0.717, 1.165) is 5.56 Å². The van der Waals surface area contributed by atoms with Gasteiger partial charge >= 0.3 is 5.97 Å². The number of likely N-dealkylation sites (tertiary alicyclic amines) is 2. The monoisotopic (exact) mass is 1400 g/mol. The minimum absolute atomic E-state index is 0.0535. The number of hydrogen-bond donors (Lipinski definition) is 16. The number of benzene rings is 3. The van der Waals surface area contributed by atoms with Crippen LogP contribution < -0.4 is 53.6 Å². The summed E-state index contributed by atoms with van der Waals surface area (Å²) in [6, 6.07) is 8.05. The molecule has 12 atom stereocenters. The van der Waals surface area contributed by atoms with Gasteiger partial charge in [-0.3, -0.25) is 52.7 Å². The van der Waals surface area contributed by atoms with Gasteiger partial charge in [-0.1, -0.05) is 109 Å². The molecule has 3 aromatic carbocycles. The number of phenolic OH excluding ortho intramolecular Hbond substituents is 1. The number of phenols is 1. The molecule has 0 saturated carbocycles. The molecule has 15 N–H and O–H groups in total. The number of thiol groups is 2. The highest BCUT2D eigenvalue weighted by molar-refractivity contribution is 7.80. The molecule has 11 amide bonds. The van der Waals surface area contributed by atoms with Gasteiger partial charge in [0.25, 0.3) is 0 Å². The Labute approximate surface area is 580 Å². The SMILES string of the molecule is CC[C@H](C)[C@H](NC(=O)[C@H](Cc1ccc(O)cc1)NC(=O)[C@@H]1CCCN1C(=O)[C@H](CS)NC(=O)[C@@H]1CCCN1C(=O)CNC(=O)[C@H](CC(C)C)NC(=O)[C@H](CS)NC(=O)[C@@H](N)Cc1ccccc1)C(=O)N[C@@H](Cc1c[nH]c2ccccc12)C(=O)N[C@@H](CO)C(=O)N[C@@H](CC(C)C)C(=O)O. The van der Waals surface area contributed by atoms with Gasteiger partial charge in [0.2, 0.25) is 65.0 Å². The van der Waals surface area contributed by atoms with Crippen molar-refractivity contribution in [2.24, 2.45) is 23.5 Å². The van der Waals surface area contributed by atoms with Crippen LogP contribution in [0.15, 0.2) is 85.1 Å². The second kappa shape index (κ2) is 37.8. The van der Waals surface area contributed by atoms with E-state index in [1.807, 2.05) is 44.2 Å². The van der Waals surface area contributed by atoms with Gasteiger partial charge in [0.05, 0.1) is 19.2 Å². The van der Waals surface area contributed by atoms with Crippen molar-refractivity contribution in [3.63, 3.8) is 0 Å². The average molecular weight is 1400 g/mol. The zero-order chi connectivity index (χ0) is 71.9. The van der Waals surface area contributed by atoms with Crippen molar-refractivity contribution in [1.29, 1.82) is 0 Å². The van der Waals surface area contributed by atoms with E-state index in [1.54, 1.807) is 58.2 Å². The number of fused-ring (bicyclic) bond motifs is 1. The predicted molar refractivity (Wildman–Crippen MR) is 371 cm³/mol. The highest BCUT2D eigenvalue weighted by Crippen LogP contribution is 2.24. The number of carboxylic acids is 1. The molecule has 534 valence electrons. The number of nitrogens with one attached hydrogen (secondary N) is 10. The van der Waals surface area contributed by atoms with Crippen LogP contribution in [0.2, 0.25) is 0 Å². The van der Waals surface area contributed by atoms with Crippen LogP contribution in [0, 0.1) is 17.8 Å². The maximum atomic E-state index is 14.8.